The molecule has 2 aliphatic rings. The van der Waals surface area contributed by atoms with Gasteiger partial charge in [-0.1, -0.05) is 15.9 Å². The van der Waals surface area contributed by atoms with Crippen molar-refractivity contribution in [2.45, 2.75) is 31.3 Å². The molecule has 3 nitrogen and oxygen atoms in total. The number of likely N-dealkylation sites (N-methyl/N-ethyl adjacent to an activating group) is 1. The van der Waals surface area contributed by atoms with E-state index in [-0.39, 0.29) is 5.91 Å². The average Bonchev–Trinajstić information content (AvgIpc) is 2.63. The van der Waals surface area contributed by atoms with E-state index >= 15 is 0 Å². The van der Waals surface area contributed by atoms with Gasteiger partial charge in [0.05, 0.1) is 0 Å². The molecule has 102 valence electrons. The summed E-state index contributed by atoms with van der Waals surface area (Å²) in [4.78, 5) is 17.0. The number of amides is 1. The summed E-state index contributed by atoms with van der Waals surface area (Å²) in [5.74, 6) is 0.174. The Bertz CT molecular complexity index is 474. The number of hydrogen-bond donors (Lipinski definition) is 0. The molecule has 2 saturated heterocycles. The smallest absolute Gasteiger partial charge is 0.253 e. The zero-order chi connectivity index (χ0) is 13.4. The zero-order valence-electron chi connectivity index (χ0n) is 11.2. The lowest BCUT2D eigenvalue weighted by Crippen LogP contribution is -2.39. The largest absolute Gasteiger partial charge is 0.337 e. The second-order valence-corrected chi connectivity index (χ2v) is 6.51. The van der Waals surface area contributed by atoms with Crippen LogP contribution in [0.5, 0.6) is 0 Å². The van der Waals surface area contributed by atoms with E-state index in [9.17, 15) is 4.79 Å². The molecule has 0 N–H and O–H groups in total. The Balaban J connectivity index is 1.75. The van der Waals surface area contributed by atoms with Crippen LogP contribution in [0.2, 0.25) is 0 Å². The Morgan fingerprint density at radius 2 is 1.84 bits per heavy atom. The van der Waals surface area contributed by atoms with E-state index in [0.717, 1.165) is 29.5 Å². The van der Waals surface area contributed by atoms with Crippen LogP contribution in [0.15, 0.2) is 28.7 Å². The highest BCUT2D eigenvalue weighted by atomic mass is 79.9. The van der Waals surface area contributed by atoms with Crippen LogP contribution >= 0.6 is 15.9 Å². The van der Waals surface area contributed by atoms with Gasteiger partial charge in [-0.25, -0.2) is 0 Å². The maximum absolute atomic E-state index is 12.5. The fourth-order valence-electron chi connectivity index (χ4n) is 3.27. The number of halogens is 1. The van der Waals surface area contributed by atoms with Crippen molar-refractivity contribution in [2.24, 2.45) is 0 Å². The normalized spacial score (nSPS) is 27.4. The van der Waals surface area contributed by atoms with E-state index in [1.807, 2.05) is 29.2 Å². The van der Waals surface area contributed by atoms with Gasteiger partial charge in [0, 0.05) is 35.2 Å². The number of carbonyl (C=O) groups excluding carboxylic acids is 1. The van der Waals surface area contributed by atoms with Crippen LogP contribution in [-0.2, 0) is 0 Å². The summed E-state index contributed by atoms with van der Waals surface area (Å²) >= 11 is 3.41. The molecule has 2 heterocycles. The molecule has 0 spiro atoms. The molecule has 0 radical (unpaired) electrons. The van der Waals surface area contributed by atoms with Crippen molar-refractivity contribution in [3.8, 4) is 0 Å². The minimum absolute atomic E-state index is 0.174. The number of rotatable bonds is 1. The molecule has 2 unspecified atom stereocenters. The Morgan fingerprint density at radius 3 is 2.58 bits per heavy atom. The van der Waals surface area contributed by atoms with Crippen LogP contribution in [-0.4, -0.2) is 47.9 Å². The van der Waals surface area contributed by atoms with Gasteiger partial charge in [-0.2, -0.15) is 0 Å². The molecule has 1 aromatic carbocycles. The Labute approximate surface area is 122 Å². The van der Waals surface area contributed by atoms with E-state index in [1.165, 1.54) is 12.8 Å². The summed E-state index contributed by atoms with van der Waals surface area (Å²) in [6.45, 7) is 1.77. The van der Waals surface area contributed by atoms with Crippen molar-refractivity contribution in [2.75, 3.05) is 20.1 Å². The first-order valence-corrected chi connectivity index (χ1v) is 7.71. The lowest BCUT2D eigenvalue weighted by atomic mass is 10.1. The third-order valence-electron chi connectivity index (χ3n) is 4.53. The molecule has 3 rings (SSSR count). The predicted molar refractivity (Wildman–Crippen MR) is 79.2 cm³/mol. The first kappa shape index (κ1) is 13.1. The van der Waals surface area contributed by atoms with E-state index in [2.05, 4.69) is 27.9 Å². The summed E-state index contributed by atoms with van der Waals surface area (Å²) in [5, 5.41) is 0. The molecule has 2 bridgehead atoms. The van der Waals surface area contributed by atoms with Crippen molar-refractivity contribution in [1.82, 2.24) is 9.80 Å². The second-order valence-electron chi connectivity index (χ2n) is 5.60. The molecule has 0 saturated carbocycles. The van der Waals surface area contributed by atoms with Gasteiger partial charge in [-0.05, 0) is 50.6 Å². The molecule has 0 aromatic heterocycles. The van der Waals surface area contributed by atoms with E-state index in [0.29, 0.717) is 12.1 Å². The molecule has 19 heavy (non-hydrogen) atoms. The first-order valence-electron chi connectivity index (χ1n) is 6.92. The Kier molecular flexibility index (Phi) is 3.63. The summed E-state index contributed by atoms with van der Waals surface area (Å²) in [5.41, 5.74) is 0.795. The lowest BCUT2D eigenvalue weighted by Gasteiger charge is -2.25. The van der Waals surface area contributed by atoms with Crippen molar-refractivity contribution < 1.29 is 4.79 Å². The molecule has 2 aliphatic heterocycles. The van der Waals surface area contributed by atoms with E-state index < -0.39 is 0 Å². The maximum Gasteiger partial charge on any atom is 0.253 e. The highest BCUT2D eigenvalue weighted by Gasteiger charge is 2.36. The van der Waals surface area contributed by atoms with Gasteiger partial charge in [0.2, 0.25) is 0 Å². The van der Waals surface area contributed by atoms with Gasteiger partial charge in [0.1, 0.15) is 0 Å². The Morgan fingerprint density at radius 1 is 1.16 bits per heavy atom. The van der Waals surface area contributed by atoms with Crippen molar-refractivity contribution in [3.63, 3.8) is 0 Å². The van der Waals surface area contributed by atoms with Gasteiger partial charge in [-0.15, -0.1) is 0 Å². The lowest BCUT2D eigenvalue weighted by molar-refractivity contribution is 0.0740. The number of nitrogens with zero attached hydrogens (tertiary/aromatic N) is 2. The van der Waals surface area contributed by atoms with Crippen molar-refractivity contribution in [1.29, 1.82) is 0 Å². The maximum atomic E-state index is 12.5. The number of hydrogen-bond acceptors (Lipinski definition) is 2. The van der Waals surface area contributed by atoms with Crippen LogP contribution in [0.4, 0.5) is 0 Å². The number of likely N-dealkylation sites (tertiary alicyclic amines) is 1. The Hall–Kier alpha value is -0.870. The number of benzene rings is 1. The highest BCUT2D eigenvalue weighted by molar-refractivity contribution is 9.10. The molecular formula is C15H19BrN2O. The third kappa shape index (κ3) is 2.56. The minimum atomic E-state index is 0.174. The van der Waals surface area contributed by atoms with Gasteiger partial charge in [0.15, 0.2) is 0 Å². The second kappa shape index (κ2) is 5.25. The summed E-state index contributed by atoms with van der Waals surface area (Å²) in [6, 6.07) is 8.89. The topological polar surface area (TPSA) is 23.6 Å². The minimum Gasteiger partial charge on any atom is -0.337 e. The molecule has 1 amide bonds. The van der Waals surface area contributed by atoms with Gasteiger partial charge >= 0.3 is 0 Å². The van der Waals surface area contributed by atoms with Gasteiger partial charge < -0.3 is 4.90 Å². The molecule has 4 heteroatoms. The quantitative estimate of drug-likeness (QED) is 0.793. The van der Waals surface area contributed by atoms with Crippen LogP contribution in [0.25, 0.3) is 0 Å². The zero-order valence-corrected chi connectivity index (χ0v) is 12.8. The van der Waals surface area contributed by atoms with E-state index in [1.54, 1.807) is 0 Å². The average molecular weight is 323 g/mol. The SMILES string of the molecule is CN1C2CCC1CN(C(=O)c1ccc(Br)cc1)CC2. The van der Waals surface area contributed by atoms with Crippen molar-refractivity contribution >= 4 is 21.8 Å². The third-order valence-corrected chi connectivity index (χ3v) is 5.06. The molecule has 2 atom stereocenters. The highest BCUT2D eigenvalue weighted by Crippen LogP contribution is 2.29. The standard InChI is InChI=1S/C15H19BrN2O/c1-17-13-6-7-14(17)10-18(9-8-13)15(19)11-2-4-12(16)5-3-11/h2-5,13-14H,6-10H2,1H3. The van der Waals surface area contributed by atoms with Crippen LogP contribution < -0.4 is 0 Å². The van der Waals surface area contributed by atoms with Gasteiger partial charge in [-0.3, -0.25) is 9.69 Å². The van der Waals surface area contributed by atoms with E-state index in [4.69, 9.17) is 0 Å². The van der Waals surface area contributed by atoms with Crippen molar-refractivity contribution in [3.05, 3.63) is 34.3 Å². The fourth-order valence-corrected chi connectivity index (χ4v) is 3.53. The molecule has 1 aromatic rings. The number of fused-ring (bicyclic) bond motifs is 2. The van der Waals surface area contributed by atoms with Crippen LogP contribution in [0.3, 0.4) is 0 Å². The monoisotopic (exact) mass is 322 g/mol. The predicted octanol–water partition coefficient (Wildman–Crippen LogP) is 2.76. The summed E-state index contributed by atoms with van der Waals surface area (Å²) < 4.78 is 1.01. The fraction of sp³-hybridized carbons (Fsp3) is 0.533. The number of carbonyl (C=O) groups is 1. The molecule has 0 aliphatic carbocycles. The first-order chi connectivity index (χ1) is 9.15. The molecular weight excluding hydrogens is 304 g/mol. The van der Waals surface area contributed by atoms with Gasteiger partial charge in [0.25, 0.3) is 5.91 Å². The summed E-state index contributed by atoms with van der Waals surface area (Å²) in [6.07, 6.45) is 3.63. The molecule has 2 fully saturated rings. The van der Waals surface area contributed by atoms with Crippen LogP contribution in [0.1, 0.15) is 29.6 Å². The van der Waals surface area contributed by atoms with Crippen LogP contribution in [0, 0.1) is 0 Å². The summed E-state index contributed by atoms with van der Waals surface area (Å²) in [7, 11) is 2.20.